The molecule has 2 aromatic heterocycles. The Kier molecular flexibility index (Phi) is 2.89. The third-order valence-corrected chi connectivity index (χ3v) is 4.60. The number of hydrogen-bond donors (Lipinski definition) is 1. The van der Waals surface area contributed by atoms with Gasteiger partial charge in [0.05, 0.1) is 5.69 Å². The second kappa shape index (κ2) is 4.45. The van der Waals surface area contributed by atoms with Gasteiger partial charge in [0.25, 0.3) is 0 Å². The summed E-state index contributed by atoms with van der Waals surface area (Å²) in [6.45, 7) is 0. The number of hydrogen-bond acceptors (Lipinski definition) is 4. The lowest BCUT2D eigenvalue weighted by Gasteiger charge is -2.30. The molecule has 0 aromatic carbocycles. The Labute approximate surface area is 113 Å². The molecule has 19 heavy (non-hydrogen) atoms. The molecule has 0 radical (unpaired) electrons. The molecule has 1 N–H and O–H groups in total. The molecule has 100 valence electrons. The van der Waals surface area contributed by atoms with E-state index < -0.39 is 11.4 Å². The number of ketones is 1. The van der Waals surface area contributed by atoms with Gasteiger partial charge < -0.3 is 5.11 Å². The Balaban J connectivity index is 1.95. The van der Waals surface area contributed by atoms with Crippen molar-refractivity contribution in [2.45, 2.75) is 32.1 Å². The molecule has 5 nitrogen and oxygen atoms in total. The predicted octanol–water partition coefficient (Wildman–Crippen LogP) is 2.15. The summed E-state index contributed by atoms with van der Waals surface area (Å²) in [5.74, 6) is -1.16. The second-order valence-electron chi connectivity index (χ2n) is 5.02. The lowest BCUT2D eigenvalue weighted by molar-refractivity contribution is -0.157. The van der Waals surface area contributed by atoms with E-state index in [2.05, 4.69) is 4.98 Å². The summed E-state index contributed by atoms with van der Waals surface area (Å²) in [6.07, 6.45) is 6.29. The summed E-state index contributed by atoms with van der Waals surface area (Å²) in [5, 5.41) is 11.4. The van der Waals surface area contributed by atoms with E-state index >= 15 is 0 Å². The molecule has 0 amide bonds. The molecule has 2 aromatic rings. The standard InChI is InChI=1S/C13H14N2O3S/c16-10-3-1-2-4-13(10,11(17)18)7-9-8-15-5-6-19-12(15)14-9/h5-6,8H,1-4,7H2,(H,17,18). The lowest BCUT2D eigenvalue weighted by atomic mass is 9.70. The van der Waals surface area contributed by atoms with Crippen molar-refractivity contribution >= 4 is 28.1 Å². The number of thiazole rings is 1. The highest BCUT2D eigenvalue weighted by Gasteiger charge is 2.47. The van der Waals surface area contributed by atoms with Crippen LogP contribution in [0.2, 0.25) is 0 Å². The number of fused-ring (bicyclic) bond motifs is 1. The van der Waals surface area contributed by atoms with Crippen LogP contribution in [0, 0.1) is 5.41 Å². The summed E-state index contributed by atoms with van der Waals surface area (Å²) >= 11 is 1.50. The van der Waals surface area contributed by atoms with Crippen molar-refractivity contribution in [1.29, 1.82) is 0 Å². The Morgan fingerprint density at radius 1 is 1.53 bits per heavy atom. The SMILES string of the molecule is O=C(O)C1(Cc2cn3ccsc3n2)CCCCC1=O. The number of rotatable bonds is 3. The van der Waals surface area contributed by atoms with Gasteiger partial charge in [-0.1, -0.05) is 6.42 Å². The molecule has 0 aliphatic heterocycles. The Morgan fingerprint density at radius 2 is 2.37 bits per heavy atom. The lowest BCUT2D eigenvalue weighted by Crippen LogP contribution is -2.43. The molecule has 3 rings (SSSR count). The number of carbonyl (C=O) groups is 2. The highest BCUT2D eigenvalue weighted by molar-refractivity contribution is 7.15. The monoisotopic (exact) mass is 278 g/mol. The molecule has 1 aliphatic rings. The summed E-state index contributed by atoms with van der Waals surface area (Å²) in [6, 6.07) is 0. The van der Waals surface area contributed by atoms with Gasteiger partial charge in [-0.2, -0.15) is 0 Å². The average Bonchev–Trinajstić information content (AvgIpc) is 2.92. The number of carbonyl (C=O) groups excluding carboxylic acids is 1. The van der Waals surface area contributed by atoms with Gasteiger partial charge in [-0.05, 0) is 12.8 Å². The minimum absolute atomic E-state index is 0.150. The van der Waals surface area contributed by atoms with Crippen LogP contribution in [0.5, 0.6) is 0 Å². The first kappa shape index (κ1) is 12.3. The van der Waals surface area contributed by atoms with E-state index in [1.807, 2.05) is 22.2 Å². The Morgan fingerprint density at radius 3 is 3.05 bits per heavy atom. The highest BCUT2D eigenvalue weighted by atomic mass is 32.1. The van der Waals surface area contributed by atoms with Gasteiger partial charge in [-0.3, -0.25) is 14.0 Å². The molecular weight excluding hydrogens is 264 g/mol. The van der Waals surface area contributed by atoms with Gasteiger partial charge in [0.1, 0.15) is 5.41 Å². The first-order chi connectivity index (χ1) is 9.12. The van der Waals surface area contributed by atoms with Crippen molar-refractivity contribution in [2.75, 3.05) is 0 Å². The summed E-state index contributed by atoms with van der Waals surface area (Å²) < 4.78 is 1.86. The van der Waals surface area contributed by atoms with E-state index in [1.54, 1.807) is 0 Å². The molecular formula is C13H14N2O3S. The van der Waals surface area contributed by atoms with Crippen molar-refractivity contribution in [2.24, 2.45) is 5.41 Å². The number of aliphatic carboxylic acids is 1. The van der Waals surface area contributed by atoms with Gasteiger partial charge >= 0.3 is 5.97 Å². The molecule has 1 atom stereocenters. The van der Waals surface area contributed by atoms with Crippen LogP contribution in [0.25, 0.3) is 4.96 Å². The highest BCUT2D eigenvalue weighted by Crippen LogP contribution is 2.36. The van der Waals surface area contributed by atoms with Crippen molar-refractivity contribution in [3.05, 3.63) is 23.5 Å². The maximum Gasteiger partial charge on any atom is 0.317 e. The van der Waals surface area contributed by atoms with Gasteiger partial charge in [-0.25, -0.2) is 4.98 Å². The number of aromatic nitrogens is 2. The molecule has 1 saturated carbocycles. The predicted molar refractivity (Wildman–Crippen MR) is 70.3 cm³/mol. The molecule has 0 spiro atoms. The average molecular weight is 278 g/mol. The van der Waals surface area contributed by atoms with E-state index in [1.165, 1.54) is 11.3 Å². The van der Waals surface area contributed by atoms with Gasteiger partial charge in [0.15, 0.2) is 10.7 Å². The minimum Gasteiger partial charge on any atom is -0.480 e. The van der Waals surface area contributed by atoms with Crippen LogP contribution in [0.1, 0.15) is 31.4 Å². The summed E-state index contributed by atoms with van der Waals surface area (Å²) in [4.78, 5) is 28.9. The van der Waals surface area contributed by atoms with Crippen LogP contribution < -0.4 is 0 Å². The van der Waals surface area contributed by atoms with Crippen LogP contribution in [-0.4, -0.2) is 26.2 Å². The number of Topliss-reactive ketones (excluding diaryl/α,β-unsaturated/α-hetero) is 1. The second-order valence-corrected chi connectivity index (χ2v) is 5.89. The van der Waals surface area contributed by atoms with Crippen molar-refractivity contribution < 1.29 is 14.7 Å². The summed E-state index contributed by atoms with van der Waals surface area (Å²) in [7, 11) is 0. The minimum atomic E-state index is -1.26. The first-order valence-electron chi connectivity index (χ1n) is 6.30. The number of carboxylic acid groups (broad SMARTS) is 1. The third-order valence-electron chi connectivity index (χ3n) is 3.83. The largest absolute Gasteiger partial charge is 0.480 e. The molecule has 0 bridgehead atoms. The Hall–Kier alpha value is -1.69. The van der Waals surface area contributed by atoms with Crippen LogP contribution in [0.3, 0.4) is 0 Å². The van der Waals surface area contributed by atoms with Crippen LogP contribution in [0.4, 0.5) is 0 Å². The fraction of sp³-hybridized carbons (Fsp3) is 0.462. The molecule has 1 aliphatic carbocycles. The van der Waals surface area contributed by atoms with E-state index in [9.17, 15) is 14.7 Å². The van der Waals surface area contributed by atoms with Gasteiger partial charge in [0.2, 0.25) is 0 Å². The van der Waals surface area contributed by atoms with E-state index in [4.69, 9.17) is 0 Å². The molecule has 0 saturated heterocycles. The zero-order valence-electron chi connectivity index (χ0n) is 10.3. The zero-order valence-corrected chi connectivity index (χ0v) is 11.2. The van der Waals surface area contributed by atoms with Crippen LogP contribution in [-0.2, 0) is 16.0 Å². The third kappa shape index (κ3) is 1.96. The molecule has 2 heterocycles. The smallest absolute Gasteiger partial charge is 0.317 e. The molecule has 6 heteroatoms. The van der Waals surface area contributed by atoms with E-state index in [0.29, 0.717) is 18.5 Å². The van der Waals surface area contributed by atoms with Crippen molar-refractivity contribution in [3.63, 3.8) is 0 Å². The quantitative estimate of drug-likeness (QED) is 0.873. The van der Waals surface area contributed by atoms with Crippen molar-refractivity contribution in [1.82, 2.24) is 9.38 Å². The van der Waals surface area contributed by atoms with Gasteiger partial charge in [-0.15, -0.1) is 11.3 Å². The zero-order chi connectivity index (χ0) is 13.5. The topological polar surface area (TPSA) is 71.7 Å². The van der Waals surface area contributed by atoms with Gasteiger partial charge in [0, 0.05) is 30.6 Å². The number of carboxylic acids is 1. The van der Waals surface area contributed by atoms with Crippen LogP contribution >= 0.6 is 11.3 Å². The maximum absolute atomic E-state index is 12.1. The molecule has 1 fully saturated rings. The normalized spacial score (nSPS) is 23.9. The number of imidazole rings is 1. The molecule has 1 unspecified atom stereocenters. The fourth-order valence-corrected chi connectivity index (χ4v) is 3.47. The fourth-order valence-electron chi connectivity index (χ4n) is 2.75. The van der Waals surface area contributed by atoms with E-state index in [0.717, 1.165) is 17.8 Å². The van der Waals surface area contributed by atoms with Crippen molar-refractivity contribution in [3.8, 4) is 0 Å². The van der Waals surface area contributed by atoms with Crippen LogP contribution in [0.15, 0.2) is 17.8 Å². The Bertz CT molecular complexity index is 617. The summed E-state index contributed by atoms with van der Waals surface area (Å²) in [5.41, 5.74) is -0.577. The number of nitrogens with zero attached hydrogens (tertiary/aromatic N) is 2. The first-order valence-corrected chi connectivity index (χ1v) is 7.17. The maximum atomic E-state index is 12.1. The van der Waals surface area contributed by atoms with E-state index in [-0.39, 0.29) is 12.2 Å².